The molecule has 1 N–H and O–H groups in total. The minimum Gasteiger partial charge on any atom is -0.352 e. The van der Waals surface area contributed by atoms with E-state index in [-0.39, 0.29) is 17.9 Å². The number of nitrogens with zero attached hydrogens (tertiary/aromatic N) is 1. The number of carbonyl (C=O) groups excluding carboxylic acids is 2. The maximum atomic E-state index is 13.1. The number of nitrogens with one attached hydrogen (secondary N) is 1. The van der Waals surface area contributed by atoms with Gasteiger partial charge in [0.1, 0.15) is 6.04 Å². The van der Waals surface area contributed by atoms with Crippen molar-refractivity contribution in [3.63, 3.8) is 0 Å². The highest BCUT2D eigenvalue weighted by atomic mass is 35.5. The van der Waals surface area contributed by atoms with Crippen molar-refractivity contribution in [2.75, 3.05) is 5.75 Å². The van der Waals surface area contributed by atoms with Gasteiger partial charge in [0.05, 0.1) is 0 Å². The molecule has 7 heteroatoms. The number of rotatable bonds is 10. The van der Waals surface area contributed by atoms with Gasteiger partial charge in [-0.1, -0.05) is 48.2 Å². The molecule has 2 aromatic carbocycles. The first-order valence-corrected chi connectivity index (χ1v) is 12.9. The van der Waals surface area contributed by atoms with Crippen molar-refractivity contribution in [3.05, 3.63) is 64.1 Å². The molecule has 172 valence electrons. The number of amides is 2. The first kappa shape index (κ1) is 24.9. The second-order valence-corrected chi connectivity index (χ2v) is 10.3. The second kappa shape index (κ2) is 12.5. The smallest absolute Gasteiger partial charge is 0.242 e. The van der Waals surface area contributed by atoms with Gasteiger partial charge in [-0.15, -0.1) is 11.8 Å². The van der Waals surface area contributed by atoms with Gasteiger partial charge in [0.15, 0.2) is 0 Å². The third-order valence-electron chi connectivity index (χ3n) is 5.75. The lowest BCUT2D eigenvalue weighted by atomic mass is 10.1. The van der Waals surface area contributed by atoms with Crippen molar-refractivity contribution in [2.45, 2.75) is 69.0 Å². The van der Waals surface area contributed by atoms with Crippen LogP contribution in [-0.2, 0) is 16.1 Å². The topological polar surface area (TPSA) is 49.4 Å². The SMILES string of the molecule is C[C@H](C(=O)NC1CCCC1)N(Cc1ccc(Cl)cc1)C(=O)CCCSc1ccc(Cl)cc1. The molecule has 0 radical (unpaired) electrons. The van der Waals surface area contributed by atoms with E-state index in [4.69, 9.17) is 23.2 Å². The lowest BCUT2D eigenvalue weighted by molar-refractivity contribution is -0.140. The molecule has 2 amide bonds. The van der Waals surface area contributed by atoms with Crippen LogP contribution in [0.5, 0.6) is 0 Å². The van der Waals surface area contributed by atoms with Crippen LogP contribution in [0.3, 0.4) is 0 Å². The molecule has 0 aliphatic heterocycles. The summed E-state index contributed by atoms with van der Waals surface area (Å²) in [4.78, 5) is 28.9. The predicted octanol–water partition coefficient (Wildman–Crippen LogP) is 6.34. The fourth-order valence-electron chi connectivity index (χ4n) is 3.85. The summed E-state index contributed by atoms with van der Waals surface area (Å²) in [6.07, 6.45) is 5.47. The Balaban J connectivity index is 1.59. The summed E-state index contributed by atoms with van der Waals surface area (Å²) in [6.45, 7) is 2.21. The predicted molar refractivity (Wildman–Crippen MR) is 133 cm³/mol. The van der Waals surface area contributed by atoms with Gasteiger partial charge in [0, 0.05) is 33.9 Å². The summed E-state index contributed by atoms with van der Waals surface area (Å²) < 4.78 is 0. The van der Waals surface area contributed by atoms with Crippen LogP contribution in [0.15, 0.2) is 53.4 Å². The molecule has 4 nitrogen and oxygen atoms in total. The summed E-state index contributed by atoms with van der Waals surface area (Å²) in [6, 6.07) is 14.8. The zero-order valence-corrected chi connectivity index (χ0v) is 20.7. The molecule has 1 fully saturated rings. The number of hydrogen-bond donors (Lipinski definition) is 1. The maximum Gasteiger partial charge on any atom is 0.242 e. The number of thioether (sulfide) groups is 1. The quantitative estimate of drug-likeness (QED) is 0.310. The summed E-state index contributed by atoms with van der Waals surface area (Å²) in [5, 5.41) is 4.50. The third kappa shape index (κ3) is 7.72. The molecule has 3 rings (SSSR count). The average Bonchev–Trinajstić information content (AvgIpc) is 3.30. The van der Waals surface area contributed by atoms with E-state index in [1.54, 1.807) is 16.7 Å². The standard InChI is InChI=1S/C25H30Cl2N2O2S/c1-18(25(31)28-22-5-2-3-6-22)29(17-19-8-10-20(26)11-9-19)24(30)7-4-16-32-23-14-12-21(27)13-15-23/h8-15,18,22H,2-7,16-17H2,1H3,(H,28,31)/t18-/m1/s1. The minimum absolute atomic E-state index is 0.00859. The third-order valence-corrected chi connectivity index (χ3v) is 7.35. The molecule has 1 saturated carbocycles. The van der Waals surface area contributed by atoms with E-state index >= 15 is 0 Å². The summed E-state index contributed by atoms with van der Waals surface area (Å²) in [7, 11) is 0. The monoisotopic (exact) mass is 492 g/mol. The van der Waals surface area contributed by atoms with Gasteiger partial charge in [0.25, 0.3) is 0 Å². The van der Waals surface area contributed by atoms with Crippen LogP contribution in [-0.4, -0.2) is 34.6 Å². The van der Waals surface area contributed by atoms with Crippen LogP contribution in [0.2, 0.25) is 10.0 Å². The van der Waals surface area contributed by atoms with Gasteiger partial charge < -0.3 is 10.2 Å². The van der Waals surface area contributed by atoms with E-state index in [2.05, 4.69) is 5.32 Å². The largest absolute Gasteiger partial charge is 0.352 e. The first-order chi connectivity index (χ1) is 15.4. The normalized spacial score (nSPS) is 14.8. The van der Waals surface area contributed by atoms with Crippen molar-refractivity contribution in [2.24, 2.45) is 0 Å². The first-order valence-electron chi connectivity index (χ1n) is 11.1. The van der Waals surface area contributed by atoms with Gasteiger partial charge in [-0.3, -0.25) is 9.59 Å². The van der Waals surface area contributed by atoms with Crippen LogP contribution in [0.1, 0.15) is 51.0 Å². The Morgan fingerprint density at radius 2 is 1.62 bits per heavy atom. The number of halogens is 2. The molecule has 0 heterocycles. The van der Waals surface area contributed by atoms with Crippen molar-refractivity contribution in [1.82, 2.24) is 10.2 Å². The highest BCUT2D eigenvalue weighted by Gasteiger charge is 2.28. The summed E-state index contributed by atoms with van der Waals surface area (Å²) in [5.74, 6) is 0.741. The molecular weight excluding hydrogens is 463 g/mol. The summed E-state index contributed by atoms with van der Waals surface area (Å²) in [5.41, 5.74) is 0.957. The zero-order valence-electron chi connectivity index (χ0n) is 18.4. The van der Waals surface area contributed by atoms with Gasteiger partial charge in [-0.2, -0.15) is 0 Å². The highest BCUT2D eigenvalue weighted by molar-refractivity contribution is 7.99. The number of benzene rings is 2. The Labute approximate surface area is 205 Å². The van der Waals surface area contributed by atoms with Crippen LogP contribution in [0, 0.1) is 0 Å². The van der Waals surface area contributed by atoms with Gasteiger partial charge in [-0.05, 0) is 73.9 Å². The van der Waals surface area contributed by atoms with E-state index in [0.29, 0.717) is 23.0 Å². The van der Waals surface area contributed by atoms with Gasteiger partial charge in [0.2, 0.25) is 11.8 Å². The molecule has 0 saturated heterocycles. The molecule has 2 aromatic rings. The molecule has 0 bridgehead atoms. The lowest BCUT2D eigenvalue weighted by Gasteiger charge is -2.30. The van der Waals surface area contributed by atoms with Crippen molar-refractivity contribution < 1.29 is 9.59 Å². The number of carbonyl (C=O) groups is 2. The van der Waals surface area contributed by atoms with Crippen LogP contribution in [0.25, 0.3) is 0 Å². The Morgan fingerprint density at radius 3 is 2.25 bits per heavy atom. The Hall–Kier alpha value is -1.69. The van der Waals surface area contributed by atoms with Crippen molar-refractivity contribution >= 4 is 46.8 Å². The van der Waals surface area contributed by atoms with E-state index in [1.165, 1.54) is 0 Å². The molecule has 0 spiro atoms. The minimum atomic E-state index is -0.525. The van der Waals surface area contributed by atoms with Gasteiger partial charge >= 0.3 is 0 Å². The van der Waals surface area contributed by atoms with E-state index < -0.39 is 6.04 Å². The van der Waals surface area contributed by atoms with Crippen molar-refractivity contribution in [1.29, 1.82) is 0 Å². The zero-order chi connectivity index (χ0) is 22.9. The number of hydrogen-bond acceptors (Lipinski definition) is 3. The van der Waals surface area contributed by atoms with Crippen molar-refractivity contribution in [3.8, 4) is 0 Å². The highest BCUT2D eigenvalue weighted by Crippen LogP contribution is 2.23. The van der Waals surface area contributed by atoms with Crippen LogP contribution < -0.4 is 5.32 Å². The molecule has 1 atom stereocenters. The molecule has 32 heavy (non-hydrogen) atoms. The fraction of sp³-hybridized carbons (Fsp3) is 0.440. The molecule has 1 aliphatic rings. The van der Waals surface area contributed by atoms with Crippen LogP contribution in [0.4, 0.5) is 0 Å². The average molecular weight is 494 g/mol. The van der Waals surface area contributed by atoms with E-state index in [1.807, 2.05) is 55.5 Å². The molecule has 1 aliphatic carbocycles. The van der Waals surface area contributed by atoms with E-state index in [0.717, 1.165) is 48.3 Å². The second-order valence-electron chi connectivity index (χ2n) is 8.22. The van der Waals surface area contributed by atoms with Crippen LogP contribution >= 0.6 is 35.0 Å². The molecule has 0 aromatic heterocycles. The molecular formula is C25H30Cl2N2O2S. The fourth-order valence-corrected chi connectivity index (χ4v) is 4.95. The molecule has 0 unspecified atom stereocenters. The Morgan fingerprint density at radius 1 is 1.03 bits per heavy atom. The lowest BCUT2D eigenvalue weighted by Crippen LogP contribution is -2.49. The van der Waals surface area contributed by atoms with Gasteiger partial charge in [-0.25, -0.2) is 0 Å². The maximum absolute atomic E-state index is 13.1. The summed E-state index contributed by atoms with van der Waals surface area (Å²) >= 11 is 13.6. The van der Waals surface area contributed by atoms with E-state index in [9.17, 15) is 9.59 Å². The Kier molecular flexibility index (Phi) is 9.76. The Bertz CT molecular complexity index is 884.